The van der Waals surface area contributed by atoms with E-state index in [0.29, 0.717) is 64.5 Å². The number of hydrogen-bond acceptors (Lipinski definition) is 6. The third-order valence-electron chi connectivity index (χ3n) is 5.78. The van der Waals surface area contributed by atoms with Gasteiger partial charge in [-0.25, -0.2) is 0 Å². The third-order valence-corrected chi connectivity index (χ3v) is 5.78. The summed E-state index contributed by atoms with van der Waals surface area (Å²) in [7, 11) is 0. The third kappa shape index (κ3) is 4.27. The van der Waals surface area contributed by atoms with Crippen LogP contribution in [-0.2, 0) is 6.42 Å². The van der Waals surface area contributed by atoms with E-state index in [2.05, 4.69) is 6.92 Å². The van der Waals surface area contributed by atoms with Crippen LogP contribution in [-0.4, -0.2) is 25.6 Å². The highest BCUT2D eigenvalue weighted by molar-refractivity contribution is 5.97. The van der Waals surface area contributed by atoms with Crippen LogP contribution in [0.3, 0.4) is 0 Å². The van der Waals surface area contributed by atoms with Crippen LogP contribution in [0, 0.1) is 0 Å². The highest BCUT2D eigenvalue weighted by atomic mass is 16.6. The van der Waals surface area contributed by atoms with Gasteiger partial charge in [0.15, 0.2) is 23.9 Å². The molecule has 5 rings (SSSR count). The first-order chi connectivity index (χ1) is 16.6. The number of aryl methyl sites for hydroxylation is 1. The second kappa shape index (κ2) is 9.43. The molecule has 1 aliphatic rings. The minimum absolute atomic E-state index is 0.0915. The molecule has 0 radical (unpaired) electrons. The van der Waals surface area contributed by atoms with Gasteiger partial charge in [-0.15, -0.1) is 0 Å². The molecule has 0 atom stereocenters. The second-order valence-electron chi connectivity index (χ2n) is 8.12. The van der Waals surface area contributed by atoms with Gasteiger partial charge < -0.3 is 18.6 Å². The quantitative estimate of drug-likeness (QED) is 0.345. The van der Waals surface area contributed by atoms with E-state index in [0.717, 1.165) is 12.0 Å². The summed E-state index contributed by atoms with van der Waals surface area (Å²) in [4.78, 5) is 25.9. The van der Waals surface area contributed by atoms with Crippen molar-refractivity contribution in [3.63, 3.8) is 0 Å². The number of benzene rings is 3. The number of carbonyl (C=O) groups excluding carboxylic acids is 1. The lowest BCUT2D eigenvalue weighted by Crippen LogP contribution is -2.15. The van der Waals surface area contributed by atoms with Gasteiger partial charge in [0.2, 0.25) is 5.43 Å². The zero-order valence-electron chi connectivity index (χ0n) is 18.8. The summed E-state index contributed by atoms with van der Waals surface area (Å²) >= 11 is 0. The molecule has 0 spiro atoms. The number of ether oxygens (including phenoxy) is 3. The average molecular weight is 456 g/mol. The van der Waals surface area contributed by atoms with Crippen molar-refractivity contribution in [1.29, 1.82) is 0 Å². The van der Waals surface area contributed by atoms with Crippen molar-refractivity contribution in [2.24, 2.45) is 0 Å². The number of Topliss-reactive ketones (excluding diaryl/α,β-unsaturated/α-hetero) is 1. The monoisotopic (exact) mass is 456 g/mol. The fraction of sp³-hybridized carbons (Fsp3) is 0.214. The first-order valence-corrected chi connectivity index (χ1v) is 11.3. The summed E-state index contributed by atoms with van der Waals surface area (Å²) in [6, 6.07) is 18.0. The zero-order chi connectivity index (χ0) is 23.5. The zero-order valence-corrected chi connectivity index (χ0v) is 18.8. The van der Waals surface area contributed by atoms with Gasteiger partial charge >= 0.3 is 0 Å². The van der Waals surface area contributed by atoms with Gasteiger partial charge in [-0.3, -0.25) is 9.59 Å². The van der Waals surface area contributed by atoms with E-state index in [1.165, 1.54) is 6.26 Å². The van der Waals surface area contributed by atoms with Crippen LogP contribution < -0.4 is 19.6 Å². The number of ketones is 1. The maximum atomic E-state index is 13.4. The number of hydrogen-bond donors (Lipinski definition) is 0. The molecule has 3 aromatic carbocycles. The van der Waals surface area contributed by atoms with E-state index in [4.69, 9.17) is 18.6 Å². The van der Waals surface area contributed by atoms with Crippen molar-refractivity contribution >= 4 is 16.8 Å². The fourth-order valence-corrected chi connectivity index (χ4v) is 4.06. The Morgan fingerprint density at radius 1 is 0.971 bits per heavy atom. The molecule has 172 valence electrons. The van der Waals surface area contributed by atoms with Crippen LogP contribution in [0.15, 0.2) is 76.1 Å². The largest absolute Gasteiger partial charge is 0.486 e. The smallest absolute Gasteiger partial charge is 0.200 e. The highest BCUT2D eigenvalue weighted by Gasteiger charge is 2.17. The number of rotatable bonds is 7. The Morgan fingerprint density at radius 3 is 2.56 bits per heavy atom. The molecule has 0 bridgehead atoms. The van der Waals surface area contributed by atoms with Gasteiger partial charge in [0.25, 0.3) is 0 Å². The van der Waals surface area contributed by atoms with Gasteiger partial charge in [0, 0.05) is 11.6 Å². The molecule has 4 aromatic rings. The van der Waals surface area contributed by atoms with Crippen LogP contribution >= 0.6 is 0 Å². The maximum absolute atomic E-state index is 13.4. The fourth-order valence-electron chi connectivity index (χ4n) is 4.06. The SMILES string of the molecule is CCCc1cc2c(=O)c(-c3ccc4c(c3)OCCO4)coc2cc1OCC(=O)c1ccccc1. The van der Waals surface area contributed by atoms with Crippen LogP contribution in [0.2, 0.25) is 0 Å². The van der Waals surface area contributed by atoms with Crippen molar-refractivity contribution in [3.8, 4) is 28.4 Å². The van der Waals surface area contributed by atoms with Gasteiger partial charge in [0.1, 0.15) is 30.8 Å². The Morgan fingerprint density at radius 2 is 1.76 bits per heavy atom. The lowest BCUT2D eigenvalue weighted by molar-refractivity contribution is 0.0921. The van der Waals surface area contributed by atoms with Gasteiger partial charge in [-0.1, -0.05) is 49.7 Å². The van der Waals surface area contributed by atoms with E-state index in [1.807, 2.05) is 30.3 Å². The van der Waals surface area contributed by atoms with Crippen molar-refractivity contribution in [1.82, 2.24) is 0 Å². The Labute approximate surface area is 196 Å². The molecule has 6 nitrogen and oxygen atoms in total. The molecule has 0 unspecified atom stereocenters. The normalized spacial score (nSPS) is 12.5. The van der Waals surface area contributed by atoms with E-state index >= 15 is 0 Å². The van der Waals surface area contributed by atoms with Crippen molar-refractivity contribution in [3.05, 3.63) is 88.3 Å². The lowest BCUT2D eigenvalue weighted by atomic mass is 10.0. The van der Waals surface area contributed by atoms with E-state index in [9.17, 15) is 9.59 Å². The van der Waals surface area contributed by atoms with Crippen LogP contribution in [0.5, 0.6) is 17.2 Å². The van der Waals surface area contributed by atoms with E-state index in [1.54, 1.807) is 30.3 Å². The first-order valence-electron chi connectivity index (χ1n) is 11.3. The standard InChI is InChI=1S/C28H24O6/c1-2-6-20-13-21-26(15-25(20)34-17-23(29)18-7-4-3-5-8-18)33-16-22(28(21)30)19-9-10-24-27(14-19)32-12-11-31-24/h3-5,7-10,13-16H,2,6,11-12,17H2,1H3. The van der Waals surface area contributed by atoms with E-state index in [-0.39, 0.29) is 17.8 Å². The average Bonchev–Trinajstić information content (AvgIpc) is 2.88. The summed E-state index contributed by atoms with van der Waals surface area (Å²) in [5.74, 6) is 1.71. The molecule has 0 saturated carbocycles. The molecule has 0 aliphatic carbocycles. The Kier molecular flexibility index (Phi) is 6.04. The second-order valence-corrected chi connectivity index (χ2v) is 8.12. The molecule has 0 fully saturated rings. The molecule has 1 aromatic heterocycles. The van der Waals surface area contributed by atoms with Crippen LogP contribution in [0.4, 0.5) is 0 Å². The molecule has 6 heteroatoms. The molecular weight excluding hydrogens is 432 g/mol. The van der Waals surface area contributed by atoms with Gasteiger partial charge in [-0.05, 0) is 35.7 Å². The lowest BCUT2D eigenvalue weighted by Gasteiger charge is -2.18. The molecular formula is C28H24O6. The van der Waals surface area contributed by atoms with E-state index < -0.39 is 0 Å². The highest BCUT2D eigenvalue weighted by Crippen LogP contribution is 2.34. The summed E-state index contributed by atoms with van der Waals surface area (Å²) in [5, 5.41) is 0.470. The molecule has 2 heterocycles. The Balaban J connectivity index is 1.48. The Bertz CT molecular complexity index is 1400. The molecule has 0 N–H and O–H groups in total. The first kappa shape index (κ1) is 21.8. The number of carbonyl (C=O) groups is 1. The summed E-state index contributed by atoms with van der Waals surface area (Å²) in [6.45, 7) is 2.94. The van der Waals surface area contributed by atoms with Crippen LogP contribution in [0.25, 0.3) is 22.1 Å². The van der Waals surface area contributed by atoms with Gasteiger partial charge in [-0.2, -0.15) is 0 Å². The summed E-state index contributed by atoms with van der Waals surface area (Å²) < 4.78 is 23.0. The minimum atomic E-state index is -0.137. The molecule has 0 saturated heterocycles. The van der Waals surface area contributed by atoms with Crippen molar-refractivity contribution < 1.29 is 23.4 Å². The number of fused-ring (bicyclic) bond motifs is 2. The predicted molar refractivity (Wildman–Crippen MR) is 129 cm³/mol. The molecule has 34 heavy (non-hydrogen) atoms. The molecule has 1 aliphatic heterocycles. The summed E-state index contributed by atoms with van der Waals surface area (Å²) in [6.07, 6.45) is 3.02. The topological polar surface area (TPSA) is 75.0 Å². The van der Waals surface area contributed by atoms with Crippen molar-refractivity contribution in [2.45, 2.75) is 19.8 Å². The van der Waals surface area contributed by atoms with Crippen molar-refractivity contribution in [2.75, 3.05) is 19.8 Å². The predicted octanol–water partition coefficient (Wildman–Crippen LogP) is 5.45. The molecule has 0 amide bonds. The van der Waals surface area contributed by atoms with Gasteiger partial charge in [0.05, 0.1) is 10.9 Å². The Hall–Kier alpha value is -4.06. The maximum Gasteiger partial charge on any atom is 0.200 e. The van der Waals surface area contributed by atoms with Crippen LogP contribution in [0.1, 0.15) is 29.3 Å². The minimum Gasteiger partial charge on any atom is -0.486 e. The summed E-state index contributed by atoms with van der Waals surface area (Å²) in [5.41, 5.74) is 2.87.